The number of rotatable bonds is 6. The third-order valence-corrected chi connectivity index (χ3v) is 8.17. The van der Waals surface area contributed by atoms with Crippen LogP contribution in [0.25, 0.3) is 10.9 Å². The van der Waals surface area contributed by atoms with E-state index in [1.807, 2.05) is 36.4 Å². The predicted molar refractivity (Wildman–Crippen MR) is 142 cm³/mol. The Morgan fingerprint density at radius 2 is 1.92 bits per heavy atom. The molecule has 3 aliphatic rings. The molecule has 2 amide bonds. The first-order chi connectivity index (χ1) is 18.1. The summed E-state index contributed by atoms with van der Waals surface area (Å²) in [5, 5.41) is 1.10. The van der Waals surface area contributed by atoms with E-state index in [1.54, 1.807) is 24.0 Å². The van der Waals surface area contributed by atoms with Crippen LogP contribution in [0.4, 0.5) is 0 Å². The molecule has 0 radical (unpaired) electrons. The average Bonchev–Trinajstić information content (AvgIpc) is 3.31. The van der Waals surface area contributed by atoms with Crippen molar-refractivity contribution < 1.29 is 19.1 Å². The van der Waals surface area contributed by atoms with Crippen LogP contribution in [0.1, 0.15) is 55.0 Å². The number of amides is 2. The lowest BCUT2D eigenvalue weighted by molar-refractivity contribution is -0.158. The average molecular weight is 500 g/mol. The number of hydrogen-bond acceptors (Lipinski definition) is 4. The highest BCUT2D eigenvalue weighted by Crippen LogP contribution is 2.45. The number of piperazine rings is 1. The zero-order valence-corrected chi connectivity index (χ0v) is 21.5. The second-order valence-corrected chi connectivity index (χ2v) is 10.2. The van der Waals surface area contributed by atoms with Gasteiger partial charge in [-0.15, -0.1) is 0 Å². The van der Waals surface area contributed by atoms with Gasteiger partial charge in [0.05, 0.1) is 20.8 Å². The third-order valence-electron chi connectivity index (χ3n) is 8.17. The molecule has 1 aromatic heterocycles. The monoisotopic (exact) mass is 499 g/mol. The number of methoxy groups -OCH3 is 2. The van der Waals surface area contributed by atoms with Gasteiger partial charge in [0, 0.05) is 41.2 Å². The molecule has 2 aliphatic heterocycles. The van der Waals surface area contributed by atoms with E-state index in [2.05, 4.69) is 17.1 Å². The molecule has 1 N–H and O–H groups in total. The smallest absolute Gasteiger partial charge is 0.246 e. The quantitative estimate of drug-likeness (QED) is 0.496. The molecule has 7 nitrogen and oxygen atoms in total. The fourth-order valence-electron chi connectivity index (χ4n) is 6.29. The van der Waals surface area contributed by atoms with E-state index in [9.17, 15) is 9.59 Å². The summed E-state index contributed by atoms with van der Waals surface area (Å²) in [6.45, 7) is 0.700. The van der Waals surface area contributed by atoms with E-state index in [-0.39, 0.29) is 18.4 Å². The number of fused-ring (bicyclic) bond motifs is 4. The number of nitrogens with one attached hydrogen (secondary N) is 1. The van der Waals surface area contributed by atoms with E-state index >= 15 is 0 Å². The lowest BCUT2D eigenvalue weighted by Crippen LogP contribution is -2.63. The molecule has 192 valence electrons. The Kier molecular flexibility index (Phi) is 6.14. The number of H-pyrrole nitrogens is 1. The number of aromatic nitrogens is 1. The lowest BCUT2D eigenvalue weighted by Gasteiger charge is -2.47. The van der Waals surface area contributed by atoms with Crippen LogP contribution in [0.3, 0.4) is 0 Å². The fraction of sp³-hybridized carbons (Fsp3) is 0.400. The molecular weight excluding hydrogens is 466 g/mol. The summed E-state index contributed by atoms with van der Waals surface area (Å²) in [5.74, 6) is 1.30. The van der Waals surface area contributed by atoms with Crippen molar-refractivity contribution in [2.75, 3.05) is 27.3 Å². The maximum atomic E-state index is 13.9. The van der Waals surface area contributed by atoms with E-state index in [4.69, 9.17) is 9.47 Å². The summed E-state index contributed by atoms with van der Waals surface area (Å²) in [4.78, 5) is 34.9. The number of para-hydroxylation sites is 1. The largest absolute Gasteiger partial charge is 0.497 e. The highest BCUT2D eigenvalue weighted by molar-refractivity contribution is 5.97. The highest BCUT2D eigenvalue weighted by atomic mass is 16.5. The van der Waals surface area contributed by atoms with Crippen LogP contribution >= 0.6 is 0 Å². The van der Waals surface area contributed by atoms with Gasteiger partial charge in [0.25, 0.3) is 0 Å². The van der Waals surface area contributed by atoms with Gasteiger partial charge in [0.2, 0.25) is 11.8 Å². The van der Waals surface area contributed by atoms with Gasteiger partial charge in [-0.2, -0.15) is 0 Å². The molecule has 3 heterocycles. The van der Waals surface area contributed by atoms with Crippen molar-refractivity contribution in [1.29, 1.82) is 0 Å². The summed E-state index contributed by atoms with van der Waals surface area (Å²) in [6.07, 6.45) is 8.33. The molecule has 2 atom stereocenters. The molecule has 0 bridgehead atoms. The number of carbonyl (C=O) groups is 2. The summed E-state index contributed by atoms with van der Waals surface area (Å²) in [6, 6.07) is 12.8. The number of nitrogens with zero attached hydrogens (tertiary/aromatic N) is 2. The first-order valence-electron chi connectivity index (χ1n) is 13.2. The van der Waals surface area contributed by atoms with Gasteiger partial charge in [-0.05, 0) is 55.9 Å². The number of allylic oxidation sites excluding steroid dienone is 1. The Morgan fingerprint density at radius 3 is 2.70 bits per heavy atom. The van der Waals surface area contributed by atoms with Crippen molar-refractivity contribution in [1.82, 2.24) is 14.8 Å². The number of carbonyl (C=O) groups excluding carboxylic acids is 2. The van der Waals surface area contributed by atoms with Crippen molar-refractivity contribution >= 4 is 22.7 Å². The molecule has 0 saturated carbocycles. The van der Waals surface area contributed by atoms with Crippen molar-refractivity contribution in [3.63, 3.8) is 0 Å². The van der Waals surface area contributed by atoms with Crippen LogP contribution in [0.15, 0.2) is 54.1 Å². The minimum absolute atomic E-state index is 0.0319. The van der Waals surface area contributed by atoms with Crippen LogP contribution in [0.2, 0.25) is 0 Å². The molecule has 6 rings (SSSR count). The van der Waals surface area contributed by atoms with Gasteiger partial charge in [0.1, 0.15) is 23.6 Å². The van der Waals surface area contributed by atoms with Gasteiger partial charge in [-0.1, -0.05) is 29.8 Å². The molecule has 1 saturated heterocycles. The zero-order chi connectivity index (χ0) is 25.5. The molecule has 0 unspecified atom stereocenters. The molecule has 1 aliphatic carbocycles. The van der Waals surface area contributed by atoms with Gasteiger partial charge in [0.15, 0.2) is 0 Å². The molecule has 3 aromatic rings. The Hall–Kier alpha value is -3.74. The van der Waals surface area contributed by atoms with Crippen molar-refractivity contribution in [2.45, 2.75) is 50.6 Å². The molecular formula is C30H33N3O4. The van der Waals surface area contributed by atoms with Crippen molar-refractivity contribution in [3.05, 3.63) is 70.9 Å². The van der Waals surface area contributed by atoms with Gasteiger partial charge in [-0.25, -0.2) is 0 Å². The summed E-state index contributed by atoms with van der Waals surface area (Å²) in [7, 11) is 3.24. The molecule has 7 heteroatoms. The SMILES string of the molecule is COc1ccc([C@H]2c3[nH]c4ccccc4c3C[C@H]3C(=O)N(CCC4=CCCCC4)CC(=O)N23)c(OC)c1. The fourth-order valence-corrected chi connectivity index (χ4v) is 6.29. The first kappa shape index (κ1) is 23.6. The van der Waals surface area contributed by atoms with Crippen LogP contribution in [-0.2, 0) is 16.0 Å². The predicted octanol–water partition coefficient (Wildman–Crippen LogP) is 4.76. The van der Waals surface area contributed by atoms with Gasteiger partial charge >= 0.3 is 0 Å². The lowest BCUT2D eigenvalue weighted by atomic mass is 9.85. The van der Waals surface area contributed by atoms with Gasteiger partial charge in [-0.3, -0.25) is 9.59 Å². The second-order valence-electron chi connectivity index (χ2n) is 10.2. The Labute approximate surface area is 217 Å². The maximum Gasteiger partial charge on any atom is 0.246 e. The summed E-state index contributed by atoms with van der Waals surface area (Å²) >= 11 is 0. The highest BCUT2D eigenvalue weighted by Gasteiger charge is 2.48. The number of aromatic amines is 1. The summed E-state index contributed by atoms with van der Waals surface area (Å²) < 4.78 is 11.2. The van der Waals surface area contributed by atoms with Crippen LogP contribution in [0.5, 0.6) is 11.5 Å². The Bertz CT molecular complexity index is 1390. The Morgan fingerprint density at radius 1 is 1.05 bits per heavy atom. The van der Waals surface area contributed by atoms with E-state index in [1.165, 1.54) is 18.4 Å². The molecule has 1 fully saturated rings. The maximum absolute atomic E-state index is 13.9. The van der Waals surface area contributed by atoms with E-state index in [0.29, 0.717) is 24.5 Å². The molecule has 37 heavy (non-hydrogen) atoms. The number of hydrogen-bond donors (Lipinski definition) is 1. The summed E-state index contributed by atoms with van der Waals surface area (Å²) in [5.41, 5.74) is 5.30. The van der Waals surface area contributed by atoms with E-state index in [0.717, 1.165) is 47.0 Å². The van der Waals surface area contributed by atoms with Crippen LogP contribution < -0.4 is 9.47 Å². The van der Waals surface area contributed by atoms with Gasteiger partial charge < -0.3 is 24.3 Å². The van der Waals surface area contributed by atoms with Crippen LogP contribution in [-0.4, -0.2) is 59.9 Å². The number of ether oxygens (including phenoxy) is 2. The molecule has 2 aromatic carbocycles. The Balaban J connectivity index is 1.42. The topological polar surface area (TPSA) is 74.9 Å². The second kappa shape index (κ2) is 9.61. The first-order valence-corrected chi connectivity index (χ1v) is 13.2. The van der Waals surface area contributed by atoms with Crippen molar-refractivity contribution in [3.8, 4) is 11.5 Å². The third kappa shape index (κ3) is 4.06. The zero-order valence-electron chi connectivity index (χ0n) is 21.5. The van der Waals surface area contributed by atoms with Crippen molar-refractivity contribution in [2.24, 2.45) is 0 Å². The number of benzene rings is 2. The minimum Gasteiger partial charge on any atom is -0.497 e. The van der Waals surface area contributed by atoms with E-state index < -0.39 is 12.1 Å². The molecule has 0 spiro atoms. The minimum atomic E-state index is -0.551. The van der Waals surface area contributed by atoms with Crippen LogP contribution in [0, 0.1) is 0 Å². The standard InChI is InChI=1S/C30H33N3O4/c1-36-20-12-13-22(26(16-20)37-2)29-28-23(21-10-6-7-11-24(21)31-28)17-25-30(35)32(18-27(34)33(25)29)15-14-19-8-4-3-5-9-19/h6-8,10-13,16,25,29,31H,3-5,9,14-15,17-18H2,1-2H3/t25-,29-/m0/s1. The normalized spacial score (nSPS) is 21.5.